The van der Waals surface area contributed by atoms with Crippen molar-refractivity contribution in [3.05, 3.63) is 0 Å². The van der Waals surface area contributed by atoms with Crippen molar-refractivity contribution in [3.8, 4) is 0 Å². The van der Waals surface area contributed by atoms with Crippen LogP contribution in [0.1, 0.15) is 125 Å². The molecule has 9 fully saturated rings. The third kappa shape index (κ3) is 5.81. The second kappa shape index (κ2) is 13.4. The van der Waals surface area contributed by atoms with Crippen LogP contribution in [0.25, 0.3) is 0 Å². The van der Waals surface area contributed by atoms with Gasteiger partial charge in [0.25, 0.3) is 0 Å². The molecule has 4 heterocycles. The first-order valence-corrected chi connectivity index (χ1v) is 20.7. The molecule has 3 N–H and O–H groups in total. The Balaban J connectivity index is 0.981. The summed E-state index contributed by atoms with van der Waals surface area (Å²) in [6, 6.07) is 0. The molecule has 290 valence electrons. The largest absolute Gasteiger partial charge is 0.481 e. The quantitative estimate of drug-likeness (QED) is 0.175. The molecule has 2 bridgehead atoms. The number of fused-ring (bicyclic) bond motifs is 7. The molecule has 51 heavy (non-hydrogen) atoms. The van der Waals surface area contributed by atoms with Crippen LogP contribution in [0.2, 0.25) is 0 Å². The maximum absolute atomic E-state index is 12.1. The predicted molar refractivity (Wildman–Crippen MR) is 187 cm³/mol. The fraction of sp³-hybridized carbons (Fsp3) is 0.976. The summed E-state index contributed by atoms with van der Waals surface area (Å²) in [5.74, 6) is 1.38. The van der Waals surface area contributed by atoms with Gasteiger partial charge in [-0.3, -0.25) is 4.79 Å². The van der Waals surface area contributed by atoms with Gasteiger partial charge in [0.2, 0.25) is 5.79 Å². The molecule has 4 aliphatic heterocycles. The zero-order valence-electron chi connectivity index (χ0n) is 32.0. The number of hydrogen-bond acceptors (Lipinski definition) is 9. The fourth-order valence-electron chi connectivity index (χ4n) is 14.3. The summed E-state index contributed by atoms with van der Waals surface area (Å²) in [6.07, 6.45) is 9.47. The molecule has 0 aromatic rings. The molecule has 5 saturated carbocycles. The van der Waals surface area contributed by atoms with E-state index in [4.69, 9.17) is 28.7 Å². The van der Waals surface area contributed by atoms with Crippen molar-refractivity contribution in [3.63, 3.8) is 0 Å². The van der Waals surface area contributed by atoms with Crippen molar-refractivity contribution in [1.82, 2.24) is 0 Å². The molecule has 19 atom stereocenters. The molecule has 10 nitrogen and oxygen atoms in total. The minimum atomic E-state index is -0.820. The van der Waals surface area contributed by atoms with Gasteiger partial charge in [0, 0.05) is 24.7 Å². The monoisotopic (exact) mass is 718 g/mol. The molecule has 0 amide bonds. The molecular formula is C41H66O10. The highest BCUT2D eigenvalue weighted by molar-refractivity contribution is 5.66. The maximum atomic E-state index is 12.1. The van der Waals surface area contributed by atoms with Crippen LogP contribution in [0.4, 0.5) is 0 Å². The Morgan fingerprint density at radius 2 is 1.63 bits per heavy atom. The summed E-state index contributed by atoms with van der Waals surface area (Å²) >= 11 is 0. The predicted octanol–water partition coefficient (Wildman–Crippen LogP) is 6.70. The summed E-state index contributed by atoms with van der Waals surface area (Å²) < 4.78 is 26.8. The van der Waals surface area contributed by atoms with Crippen LogP contribution >= 0.6 is 0 Å². The van der Waals surface area contributed by atoms with Crippen molar-refractivity contribution in [1.29, 1.82) is 0 Å². The zero-order valence-corrected chi connectivity index (χ0v) is 32.0. The third-order valence-corrected chi connectivity index (χ3v) is 17.1. The lowest BCUT2D eigenvalue weighted by atomic mass is 9.43. The van der Waals surface area contributed by atoms with E-state index in [2.05, 4.69) is 34.6 Å². The van der Waals surface area contributed by atoms with Crippen LogP contribution in [0.3, 0.4) is 0 Å². The molecule has 9 aliphatic rings. The van der Waals surface area contributed by atoms with Crippen molar-refractivity contribution < 1.29 is 48.8 Å². The molecular weight excluding hydrogens is 652 g/mol. The molecule has 9 unspecified atom stereocenters. The van der Waals surface area contributed by atoms with Gasteiger partial charge in [-0.05, 0) is 136 Å². The number of aliphatic carboxylic acids is 1. The van der Waals surface area contributed by atoms with E-state index in [-0.39, 0.29) is 53.1 Å². The standard InChI is InChI=1S/C41H66O10/c1-22(8-12-34(44)45)27-10-11-30-35-31(21-33(43)40(27,30)6)38(4)15-13-26(42)19-25(38)20-32(35)46-17-18-47-36-24(3)29-9-7-23(2)28-14-16-39(5)49-37(48-36)41(28,29)51-50-39/h22-33,35-37,42-43H,7-21H2,1-6H3,(H,44,45)/t22-,23-,24-,25?,26-,27-,28?,29?,30?,31?,32-,33+,35?,36?,37?,38+,39?,40-,41-/m1/s1. The van der Waals surface area contributed by atoms with E-state index in [1.165, 1.54) is 0 Å². The van der Waals surface area contributed by atoms with E-state index in [9.17, 15) is 20.1 Å². The van der Waals surface area contributed by atoms with Gasteiger partial charge in [-0.1, -0.05) is 34.6 Å². The van der Waals surface area contributed by atoms with Crippen LogP contribution in [-0.2, 0) is 33.5 Å². The molecule has 0 radical (unpaired) electrons. The van der Waals surface area contributed by atoms with Gasteiger partial charge in [0.15, 0.2) is 18.2 Å². The molecule has 0 aromatic carbocycles. The minimum absolute atomic E-state index is 0.0202. The van der Waals surface area contributed by atoms with E-state index < -0.39 is 36.0 Å². The number of rotatable bonds is 9. The van der Waals surface area contributed by atoms with Gasteiger partial charge < -0.3 is 34.3 Å². The molecule has 9 rings (SSSR count). The molecule has 5 aliphatic carbocycles. The second-order valence-electron chi connectivity index (χ2n) is 19.4. The van der Waals surface area contributed by atoms with Crippen LogP contribution in [0, 0.1) is 70.0 Å². The lowest BCUT2D eigenvalue weighted by molar-refractivity contribution is -0.577. The SMILES string of the molecule is C[C@H]1C(OCCO[C@@H]2CC3C[C@H](O)CC[C@]3(C)C3C[C@H](O)[C@@]4(C)C(CC[C@@H]4[C@H](C)CCC(=O)O)C32)OC2OC3(C)CCC4[C@H](C)CCC1[C@@]24OO3. The van der Waals surface area contributed by atoms with Crippen molar-refractivity contribution >= 4 is 5.97 Å². The molecule has 10 heteroatoms. The zero-order chi connectivity index (χ0) is 36.1. The summed E-state index contributed by atoms with van der Waals surface area (Å²) in [4.78, 5) is 23.8. The number of carboxylic acid groups (broad SMARTS) is 1. The van der Waals surface area contributed by atoms with Crippen molar-refractivity contribution in [2.24, 2.45) is 70.0 Å². The number of ether oxygens (including phenoxy) is 4. The van der Waals surface area contributed by atoms with Crippen LogP contribution in [0.5, 0.6) is 0 Å². The Labute approximate surface area is 304 Å². The van der Waals surface area contributed by atoms with E-state index >= 15 is 0 Å². The van der Waals surface area contributed by atoms with Crippen LogP contribution < -0.4 is 0 Å². The summed E-state index contributed by atoms with van der Waals surface area (Å²) in [5, 5.41) is 32.3. The Bertz CT molecular complexity index is 1300. The summed E-state index contributed by atoms with van der Waals surface area (Å²) in [7, 11) is 0. The Kier molecular flexibility index (Phi) is 9.76. The highest BCUT2D eigenvalue weighted by Gasteiger charge is 2.70. The number of aliphatic hydroxyl groups excluding tert-OH is 2. The lowest BCUT2D eigenvalue weighted by Gasteiger charge is -2.64. The summed E-state index contributed by atoms with van der Waals surface area (Å²) in [6.45, 7) is 14.3. The van der Waals surface area contributed by atoms with Crippen LogP contribution in [0.15, 0.2) is 0 Å². The molecule has 1 spiro atoms. The van der Waals surface area contributed by atoms with Gasteiger partial charge in [-0.15, -0.1) is 0 Å². The first-order chi connectivity index (χ1) is 24.2. The maximum Gasteiger partial charge on any atom is 0.303 e. The first-order valence-electron chi connectivity index (χ1n) is 20.7. The Morgan fingerprint density at radius 3 is 2.41 bits per heavy atom. The van der Waals surface area contributed by atoms with Crippen molar-refractivity contribution in [2.75, 3.05) is 13.2 Å². The third-order valence-electron chi connectivity index (χ3n) is 17.1. The molecule has 4 saturated heterocycles. The average Bonchev–Trinajstić information content (AvgIpc) is 3.29. The highest BCUT2D eigenvalue weighted by atomic mass is 17.3. The smallest absolute Gasteiger partial charge is 0.303 e. The summed E-state index contributed by atoms with van der Waals surface area (Å²) in [5.41, 5.74) is -0.821. The lowest BCUT2D eigenvalue weighted by Crippen LogP contribution is -2.70. The van der Waals surface area contributed by atoms with Crippen molar-refractivity contribution in [2.45, 2.75) is 167 Å². The van der Waals surface area contributed by atoms with Crippen LogP contribution in [-0.4, -0.2) is 76.8 Å². The van der Waals surface area contributed by atoms with Gasteiger partial charge in [0.05, 0.1) is 31.5 Å². The Morgan fingerprint density at radius 1 is 0.863 bits per heavy atom. The van der Waals surface area contributed by atoms with Gasteiger partial charge >= 0.3 is 5.97 Å². The molecule has 0 aromatic heterocycles. The minimum Gasteiger partial charge on any atom is -0.481 e. The van der Waals surface area contributed by atoms with E-state index in [0.717, 1.165) is 70.6 Å². The number of aliphatic hydroxyl groups is 2. The second-order valence-corrected chi connectivity index (χ2v) is 19.4. The van der Waals surface area contributed by atoms with E-state index in [1.807, 2.05) is 6.92 Å². The van der Waals surface area contributed by atoms with Gasteiger partial charge in [0.1, 0.15) is 0 Å². The number of carboxylic acids is 1. The van der Waals surface area contributed by atoms with E-state index in [0.29, 0.717) is 55.1 Å². The number of hydrogen-bond donors (Lipinski definition) is 3. The Hall–Kier alpha value is -0.850. The normalized spacial score (nSPS) is 55.1. The number of carbonyl (C=O) groups is 1. The first kappa shape index (κ1) is 37.1. The average molecular weight is 719 g/mol. The van der Waals surface area contributed by atoms with E-state index in [1.54, 1.807) is 0 Å². The van der Waals surface area contributed by atoms with Gasteiger partial charge in [-0.2, -0.15) is 0 Å². The topological polar surface area (TPSA) is 133 Å². The van der Waals surface area contributed by atoms with Gasteiger partial charge in [-0.25, -0.2) is 9.78 Å². The fourth-order valence-corrected chi connectivity index (χ4v) is 14.3. The highest BCUT2D eigenvalue weighted by Crippen LogP contribution is 2.69.